The van der Waals surface area contributed by atoms with E-state index in [-0.39, 0.29) is 0 Å². The summed E-state index contributed by atoms with van der Waals surface area (Å²) in [6, 6.07) is 11.3. The Labute approximate surface area is 134 Å². The number of aryl methyl sites for hydroxylation is 1. The highest BCUT2D eigenvalue weighted by molar-refractivity contribution is 5.62. The minimum atomic E-state index is 0.637. The van der Waals surface area contributed by atoms with Gasteiger partial charge < -0.3 is 15.2 Å². The molecule has 0 bridgehead atoms. The van der Waals surface area contributed by atoms with Crippen molar-refractivity contribution in [3.8, 4) is 28.4 Å². The van der Waals surface area contributed by atoms with E-state index in [4.69, 9.17) is 15.2 Å². The topological polar surface area (TPSA) is 75.2 Å². The summed E-state index contributed by atoms with van der Waals surface area (Å²) in [6.07, 6.45) is 1.85. The molecule has 23 heavy (non-hydrogen) atoms. The SMILES string of the molecule is COc1ccc(-c2cn(-c3cc(N)ccc3OC)nn2)cc1C. The van der Waals surface area contributed by atoms with E-state index in [0.717, 1.165) is 28.3 Å². The van der Waals surface area contributed by atoms with E-state index in [1.54, 1.807) is 31.0 Å². The van der Waals surface area contributed by atoms with Crippen LogP contribution in [0.1, 0.15) is 5.56 Å². The third-order valence-corrected chi connectivity index (χ3v) is 3.63. The van der Waals surface area contributed by atoms with Gasteiger partial charge in [0, 0.05) is 11.3 Å². The number of nitrogen functional groups attached to an aromatic ring is 1. The van der Waals surface area contributed by atoms with Crippen molar-refractivity contribution in [2.75, 3.05) is 20.0 Å². The van der Waals surface area contributed by atoms with Crippen molar-refractivity contribution in [2.24, 2.45) is 0 Å². The fourth-order valence-electron chi connectivity index (χ4n) is 2.44. The van der Waals surface area contributed by atoms with Crippen LogP contribution in [-0.4, -0.2) is 29.2 Å². The van der Waals surface area contributed by atoms with Gasteiger partial charge in [-0.3, -0.25) is 0 Å². The molecule has 3 rings (SSSR count). The molecule has 0 radical (unpaired) electrons. The molecule has 0 unspecified atom stereocenters. The Balaban J connectivity index is 2.01. The Morgan fingerprint density at radius 3 is 2.43 bits per heavy atom. The zero-order valence-corrected chi connectivity index (χ0v) is 13.3. The number of ether oxygens (including phenoxy) is 2. The predicted octanol–water partition coefficient (Wildman–Crippen LogP) is 2.84. The van der Waals surface area contributed by atoms with Crippen LogP contribution in [0.4, 0.5) is 5.69 Å². The molecule has 0 amide bonds. The largest absolute Gasteiger partial charge is 0.496 e. The summed E-state index contributed by atoms with van der Waals surface area (Å²) in [7, 11) is 3.27. The molecule has 6 heteroatoms. The number of nitrogens with two attached hydrogens (primary N) is 1. The van der Waals surface area contributed by atoms with Crippen LogP contribution < -0.4 is 15.2 Å². The summed E-state index contributed by atoms with van der Waals surface area (Å²) in [5.41, 5.74) is 10.0. The second-order valence-corrected chi connectivity index (χ2v) is 5.16. The minimum Gasteiger partial charge on any atom is -0.496 e. The van der Waals surface area contributed by atoms with Gasteiger partial charge in [-0.25, -0.2) is 4.68 Å². The molecule has 6 nitrogen and oxygen atoms in total. The molecular formula is C17H18N4O2. The second-order valence-electron chi connectivity index (χ2n) is 5.16. The van der Waals surface area contributed by atoms with Gasteiger partial charge in [0.2, 0.25) is 0 Å². The standard InChI is InChI=1S/C17H18N4O2/c1-11-8-12(4-6-16(11)22-2)14-10-21(20-19-14)15-9-13(18)5-7-17(15)23-3/h4-10H,18H2,1-3H3. The van der Waals surface area contributed by atoms with Crippen LogP contribution in [-0.2, 0) is 0 Å². The van der Waals surface area contributed by atoms with Crippen LogP contribution in [0, 0.1) is 6.92 Å². The average molecular weight is 310 g/mol. The molecule has 118 valence electrons. The second kappa shape index (κ2) is 6.00. The van der Waals surface area contributed by atoms with E-state index >= 15 is 0 Å². The van der Waals surface area contributed by atoms with Crippen LogP contribution in [0.15, 0.2) is 42.6 Å². The molecule has 0 atom stereocenters. The molecule has 1 heterocycles. The first kappa shape index (κ1) is 14.9. The van der Waals surface area contributed by atoms with E-state index < -0.39 is 0 Å². The Hall–Kier alpha value is -3.02. The molecule has 0 saturated heterocycles. The van der Waals surface area contributed by atoms with Crippen LogP contribution >= 0.6 is 0 Å². The fraction of sp³-hybridized carbons (Fsp3) is 0.176. The Kier molecular flexibility index (Phi) is 3.89. The lowest BCUT2D eigenvalue weighted by Gasteiger charge is -2.08. The molecular weight excluding hydrogens is 292 g/mol. The van der Waals surface area contributed by atoms with E-state index in [1.807, 2.05) is 37.4 Å². The molecule has 0 aliphatic heterocycles. The highest BCUT2D eigenvalue weighted by Crippen LogP contribution is 2.28. The summed E-state index contributed by atoms with van der Waals surface area (Å²) in [6.45, 7) is 1.99. The number of nitrogens with zero attached hydrogens (tertiary/aromatic N) is 3. The first-order chi connectivity index (χ1) is 11.1. The van der Waals surface area contributed by atoms with Crippen LogP contribution in [0.25, 0.3) is 16.9 Å². The van der Waals surface area contributed by atoms with E-state index in [2.05, 4.69) is 10.3 Å². The summed E-state index contributed by atoms with van der Waals surface area (Å²) in [5.74, 6) is 1.53. The van der Waals surface area contributed by atoms with E-state index in [9.17, 15) is 0 Å². The lowest BCUT2D eigenvalue weighted by molar-refractivity contribution is 0.411. The third kappa shape index (κ3) is 2.83. The molecule has 0 aliphatic carbocycles. The van der Waals surface area contributed by atoms with Crippen molar-refractivity contribution in [3.63, 3.8) is 0 Å². The van der Waals surface area contributed by atoms with Gasteiger partial charge in [0.15, 0.2) is 0 Å². The Bertz CT molecular complexity index is 842. The van der Waals surface area contributed by atoms with Gasteiger partial charge in [-0.1, -0.05) is 5.21 Å². The molecule has 3 aromatic rings. The minimum absolute atomic E-state index is 0.637. The van der Waals surface area contributed by atoms with Gasteiger partial charge in [0.1, 0.15) is 22.9 Å². The van der Waals surface area contributed by atoms with Crippen molar-refractivity contribution in [1.29, 1.82) is 0 Å². The summed E-state index contributed by atoms with van der Waals surface area (Å²) in [4.78, 5) is 0. The summed E-state index contributed by atoms with van der Waals surface area (Å²) < 4.78 is 12.3. The molecule has 0 aliphatic rings. The first-order valence-electron chi connectivity index (χ1n) is 7.13. The summed E-state index contributed by atoms with van der Waals surface area (Å²) >= 11 is 0. The van der Waals surface area contributed by atoms with Crippen molar-refractivity contribution in [3.05, 3.63) is 48.2 Å². The maximum absolute atomic E-state index is 5.86. The maximum atomic E-state index is 5.86. The molecule has 0 saturated carbocycles. The lowest BCUT2D eigenvalue weighted by atomic mass is 10.1. The zero-order chi connectivity index (χ0) is 16.4. The number of methoxy groups -OCH3 is 2. The molecule has 1 aromatic heterocycles. The van der Waals surface area contributed by atoms with Gasteiger partial charge in [-0.05, 0) is 48.9 Å². The van der Waals surface area contributed by atoms with Crippen molar-refractivity contribution in [2.45, 2.75) is 6.92 Å². The Morgan fingerprint density at radius 1 is 1.00 bits per heavy atom. The van der Waals surface area contributed by atoms with Gasteiger partial charge in [0.25, 0.3) is 0 Å². The van der Waals surface area contributed by atoms with Gasteiger partial charge in [-0.2, -0.15) is 0 Å². The van der Waals surface area contributed by atoms with Crippen LogP contribution in [0.2, 0.25) is 0 Å². The number of anilines is 1. The fourth-order valence-corrected chi connectivity index (χ4v) is 2.44. The molecule has 2 aromatic carbocycles. The first-order valence-corrected chi connectivity index (χ1v) is 7.13. The molecule has 0 fully saturated rings. The average Bonchev–Trinajstić information content (AvgIpc) is 3.04. The quantitative estimate of drug-likeness (QED) is 0.750. The number of hydrogen-bond donors (Lipinski definition) is 1. The van der Waals surface area contributed by atoms with Crippen LogP contribution in [0.5, 0.6) is 11.5 Å². The zero-order valence-electron chi connectivity index (χ0n) is 13.3. The highest BCUT2D eigenvalue weighted by atomic mass is 16.5. The normalized spacial score (nSPS) is 10.6. The number of aromatic nitrogens is 3. The summed E-state index contributed by atoms with van der Waals surface area (Å²) in [5, 5.41) is 8.42. The van der Waals surface area contributed by atoms with Gasteiger partial charge in [-0.15, -0.1) is 5.10 Å². The van der Waals surface area contributed by atoms with Crippen molar-refractivity contribution < 1.29 is 9.47 Å². The molecule has 0 spiro atoms. The van der Waals surface area contributed by atoms with Gasteiger partial charge in [0.05, 0.1) is 20.4 Å². The van der Waals surface area contributed by atoms with E-state index in [1.165, 1.54) is 0 Å². The monoisotopic (exact) mass is 310 g/mol. The number of benzene rings is 2. The van der Waals surface area contributed by atoms with Crippen molar-refractivity contribution in [1.82, 2.24) is 15.0 Å². The van der Waals surface area contributed by atoms with Crippen molar-refractivity contribution >= 4 is 5.69 Å². The highest BCUT2D eigenvalue weighted by Gasteiger charge is 2.11. The van der Waals surface area contributed by atoms with E-state index in [0.29, 0.717) is 11.4 Å². The third-order valence-electron chi connectivity index (χ3n) is 3.63. The molecule has 2 N–H and O–H groups in total. The maximum Gasteiger partial charge on any atom is 0.144 e. The number of rotatable bonds is 4. The lowest BCUT2D eigenvalue weighted by Crippen LogP contribution is -2.00. The smallest absolute Gasteiger partial charge is 0.144 e. The van der Waals surface area contributed by atoms with Crippen LogP contribution in [0.3, 0.4) is 0 Å². The predicted molar refractivity (Wildman–Crippen MR) is 89.0 cm³/mol. The number of hydrogen-bond acceptors (Lipinski definition) is 5. The van der Waals surface area contributed by atoms with Gasteiger partial charge >= 0.3 is 0 Å². The Morgan fingerprint density at radius 2 is 1.74 bits per heavy atom.